The minimum Gasteiger partial charge on any atom is -0.340 e. The van der Waals surface area contributed by atoms with Crippen molar-refractivity contribution in [1.82, 2.24) is 9.80 Å². The summed E-state index contributed by atoms with van der Waals surface area (Å²) in [6.45, 7) is 2.54. The maximum absolute atomic E-state index is 13.2. The van der Waals surface area contributed by atoms with Crippen LogP contribution in [0.3, 0.4) is 0 Å². The molecule has 4 rings (SSSR count). The number of nitriles is 1. The Kier molecular flexibility index (Phi) is 5.77. The minimum absolute atomic E-state index is 0.00304. The largest absolute Gasteiger partial charge is 0.340 e. The van der Waals surface area contributed by atoms with E-state index in [4.69, 9.17) is 0 Å². The first-order valence-corrected chi connectivity index (χ1v) is 10.1. The van der Waals surface area contributed by atoms with Crippen molar-refractivity contribution in [1.29, 1.82) is 5.26 Å². The standard InChI is InChI=1S/C23H23FN4O2/c24-19-8-6-17(7-9-19)21(15-25)26-10-12-27(13-11-26)23(30)18-14-22(29)28(16-18)20-4-2-1-3-5-20/h1-9,18,21H,10-14,16H2/t18-,21+/m0/s1. The average Bonchev–Trinajstić information content (AvgIpc) is 3.18. The molecule has 0 aliphatic carbocycles. The van der Waals surface area contributed by atoms with Crippen molar-refractivity contribution in [2.45, 2.75) is 12.5 Å². The Morgan fingerprint density at radius 2 is 1.70 bits per heavy atom. The topological polar surface area (TPSA) is 67.6 Å². The van der Waals surface area contributed by atoms with Crippen LogP contribution in [0, 0.1) is 23.1 Å². The first-order chi connectivity index (χ1) is 14.6. The number of hydrogen-bond acceptors (Lipinski definition) is 4. The van der Waals surface area contributed by atoms with E-state index in [0.717, 1.165) is 11.3 Å². The van der Waals surface area contributed by atoms with Gasteiger partial charge in [-0.2, -0.15) is 5.26 Å². The number of amides is 2. The van der Waals surface area contributed by atoms with Gasteiger partial charge in [0.25, 0.3) is 0 Å². The Hall–Kier alpha value is -3.24. The number of carbonyl (C=O) groups excluding carboxylic acids is 2. The molecule has 0 saturated carbocycles. The Balaban J connectivity index is 1.36. The van der Waals surface area contributed by atoms with E-state index in [9.17, 15) is 19.2 Å². The van der Waals surface area contributed by atoms with Crippen LogP contribution in [-0.4, -0.2) is 54.3 Å². The molecule has 2 aliphatic rings. The van der Waals surface area contributed by atoms with Crippen LogP contribution in [0.25, 0.3) is 0 Å². The Bertz CT molecular complexity index is 949. The highest BCUT2D eigenvalue weighted by atomic mass is 19.1. The van der Waals surface area contributed by atoms with Crippen LogP contribution in [0.4, 0.5) is 10.1 Å². The number of nitrogens with zero attached hydrogens (tertiary/aromatic N) is 4. The highest BCUT2D eigenvalue weighted by molar-refractivity contribution is 6.00. The third kappa shape index (κ3) is 4.05. The zero-order valence-electron chi connectivity index (χ0n) is 16.6. The molecule has 0 bridgehead atoms. The normalized spacial score (nSPS) is 20.8. The lowest BCUT2D eigenvalue weighted by molar-refractivity contribution is -0.137. The summed E-state index contributed by atoms with van der Waals surface area (Å²) in [7, 11) is 0. The van der Waals surface area contributed by atoms with Gasteiger partial charge in [-0.3, -0.25) is 14.5 Å². The second kappa shape index (κ2) is 8.64. The predicted molar refractivity (Wildman–Crippen MR) is 110 cm³/mol. The number of piperazine rings is 1. The third-order valence-electron chi connectivity index (χ3n) is 5.84. The van der Waals surface area contributed by atoms with Crippen molar-refractivity contribution < 1.29 is 14.0 Å². The second-order valence-corrected chi connectivity index (χ2v) is 7.69. The number of halogens is 1. The average molecular weight is 406 g/mol. The van der Waals surface area contributed by atoms with Gasteiger partial charge >= 0.3 is 0 Å². The van der Waals surface area contributed by atoms with E-state index < -0.39 is 6.04 Å². The fourth-order valence-electron chi connectivity index (χ4n) is 4.20. The van der Waals surface area contributed by atoms with Crippen molar-refractivity contribution in [2.75, 3.05) is 37.6 Å². The molecule has 2 amide bonds. The van der Waals surface area contributed by atoms with E-state index in [-0.39, 0.29) is 30.0 Å². The lowest BCUT2D eigenvalue weighted by atomic mass is 10.0. The summed E-state index contributed by atoms with van der Waals surface area (Å²) in [5.41, 5.74) is 1.57. The Labute approximate surface area is 175 Å². The van der Waals surface area contributed by atoms with Gasteiger partial charge in [0.05, 0.1) is 12.0 Å². The first kappa shape index (κ1) is 20.0. The molecular formula is C23H23FN4O2. The number of anilines is 1. The quantitative estimate of drug-likeness (QED) is 0.783. The van der Waals surface area contributed by atoms with Gasteiger partial charge in [0.2, 0.25) is 11.8 Å². The van der Waals surface area contributed by atoms with E-state index in [1.54, 1.807) is 21.9 Å². The van der Waals surface area contributed by atoms with Crippen molar-refractivity contribution in [3.8, 4) is 6.07 Å². The monoisotopic (exact) mass is 406 g/mol. The summed E-state index contributed by atoms with van der Waals surface area (Å²) in [5.74, 6) is -0.703. The van der Waals surface area contributed by atoms with E-state index >= 15 is 0 Å². The summed E-state index contributed by atoms with van der Waals surface area (Å²) in [5, 5.41) is 9.61. The van der Waals surface area contributed by atoms with Crippen LogP contribution in [0.2, 0.25) is 0 Å². The van der Waals surface area contributed by atoms with Crippen molar-refractivity contribution >= 4 is 17.5 Å². The maximum atomic E-state index is 13.2. The van der Waals surface area contributed by atoms with Crippen molar-refractivity contribution in [3.05, 3.63) is 66.0 Å². The van der Waals surface area contributed by atoms with Crippen LogP contribution in [0.5, 0.6) is 0 Å². The van der Waals surface area contributed by atoms with Crippen LogP contribution in [-0.2, 0) is 9.59 Å². The van der Waals surface area contributed by atoms with Crippen LogP contribution in [0.15, 0.2) is 54.6 Å². The zero-order valence-corrected chi connectivity index (χ0v) is 16.6. The number of carbonyl (C=O) groups is 2. The number of para-hydroxylation sites is 1. The molecule has 0 spiro atoms. The number of rotatable bonds is 4. The van der Waals surface area contributed by atoms with Gasteiger partial charge in [0.15, 0.2) is 0 Å². The van der Waals surface area contributed by atoms with Crippen molar-refractivity contribution in [2.24, 2.45) is 5.92 Å². The van der Waals surface area contributed by atoms with Gasteiger partial charge in [-0.25, -0.2) is 4.39 Å². The molecule has 0 unspecified atom stereocenters. The SMILES string of the molecule is N#C[C@H](c1ccc(F)cc1)N1CCN(C(=O)[C@H]2CC(=O)N(c3ccccc3)C2)CC1. The fourth-order valence-corrected chi connectivity index (χ4v) is 4.20. The van der Waals surface area contributed by atoms with E-state index in [0.29, 0.717) is 32.7 Å². The van der Waals surface area contributed by atoms with Gasteiger partial charge in [-0.1, -0.05) is 30.3 Å². The van der Waals surface area contributed by atoms with Gasteiger partial charge in [0.1, 0.15) is 11.9 Å². The highest BCUT2D eigenvalue weighted by Gasteiger charge is 2.38. The highest BCUT2D eigenvalue weighted by Crippen LogP contribution is 2.27. The summed E-state index contributed by atoms with van der Waals surface area (Å²) in [6.07, 6.45) is 0.227. The smallest absolute Gasteiger partial charge is 0.228 e. The number of hydrogen-bond donors (Lipinski definition) is 0. The Morgan fingerprint density at radius 3 is 2.33 bits per heavy atom. The molecule has 0 N–H and O–H groups in total. The predicted octanol–water partition coefficient (Wildman–Crippen LogP) is 2.59. The Morgan fingerprint density at radius 1 is 1.03 bits per heavy atom. The second-order valence-electron chi connectivity index (χ2n) is 7.69. The zero-order chi connectivity index (χ0) is 21.1. The fraction of sp³-hybridized carbons (Fsp3) is 0.348. The van der Waals surface area contributed by atoms with Crippen LogP contribution < -0.4 is 4.90 Å². The molecule has 2 aromatic carbocycles. The molecule has 2 heterocycles. The molecule has 0 radical (unpaired) electrons. The minimum atomic E-state index is -0.468. The molecule has 30 heavy (non-hydrogen) atoms. The van der Waals surface area contributed by atoms with Crippen LogP contribution >= 0.6 is 0 Å². The summed E-state index contributed by atoms with van der Waals surface area (Å²) >= 11 is 0. The molecule has 0 aromatic heterocycles. The van der Waals surface area contributed by atoms with Gasteiger partial charge in [-0.05, 0) is 29.8 Å². The maximum Gasteiger partial charge on any atom is 0.228 e. The molecule has 2 aromatic rings. The van der Waals surface area contributed by atoms with Crippen LogP contribution in [0.1, 0.15) is 18.0 Å². The molecule has 154 valence electrons. The van der Waals surface area contributed by atoms with E-state index in [1.165, 1.54) is 12.1 Å². The lowest BCUT2D eigenvalue weighted by Gasteiger charge is -2.37. The van der Waals surface area contributed by atoms with E-state index in [1.807, 2.05) is 35.2 Å². The van der Waals surface area contributed by atoms with Crippen molar-refractivity contribution in [3.63, 3.8) is 0 Å². The first-order valence-electron chi connectivity index (χ1n) is 10.1. The molecular weight excluding hydrogens is 383 g/mol. The van der Waals surface area contributed by atoms with Gasteiger partial charge < -0.3 is 9.80 Å². The van der Waals surface area contributed by atoms with Gasteiger partial charge in [-0.15, -0.1) is 0 Å². The molecule has 2 atom stereocenters. The molecule has 6 nitrogen and oxygen atoms in total. The van der Waals surface area contributed by atoms with Gasteiger partial charge in [0, 0.05) is 44.8 Å². The summed E-state index contributed by atoms with van der Waals surface area (Å²) in [6, 6.07) is 17.2. The number of benzene rings is 2. The lowest BCUT2D eigenvalue weighted by Crippen LogP contribution is -2.51. The third-order valence-corrected chi connectivity index (χ3v) is 5.84. The van der Waals surface area contributed by atoms with E-state index in [2.05, 4.69) is 6.07 Å². The summed E-state index contributed by atoms with van der Waals surface area (Å²) < 4.78 is 13.2. The molecule has 2 fully saturated rings. The molecule has 2 saturated heterocycles. The summed E-state index contributed by atoms with van der Waals surface area (Å²) in [4.78, 5) is 30.9. The molecule has 2 aliphatic heterocycles. The molecule has 7 heteroatoms.